The van der Waals surface area contributed by atoms with Gasteiger partial charge in [-0.3, -0.25) is 0 Å². The van der Waals surface area contributed by atoms with E-state index in [4.69, 9.17) is 5.73 Å². The van der Waals surface area contributed by atoms with E-state index in [0.717, 1.165) is 12.2 Å². The average molecular weight is 201 g/mol. The number of benzene rings is 2. The van der Waals surface area contributed by atoms with Crippen molar-refractivity contribution < 1.29 is 0 Å². The van der Waals surface area contributed by atoms with Gasteiger partial charge in [0.1, 0.15) is 0 Å². The maximum absolute atomic E-state index is 5.40. The zero-order chi connectivity index (χ0) is 10.5. The Morgan fingerprint density at radius 1 is 1.00 bits per heavy atom. The van der Waals surface area contributed by atoms with E-state index in [9.17, 15) is 0 Å². The fraction of sp³-hybridized carbons (Fsp3) is 0.167. The third kappa shape index (κ3) is 2.26. The summed E-state index contributed by atoms with van der Waals surface area (Å²) in [7, 11) is 0. The highest BCUT2D eigenvalue weighted by atomic mass is 15.4. The van der Waals surface area contributed by atoms with Gasteiger partial charge in [-0.2, -0.15) is 0 Å². The van der Waals surface area contributed by atoms with Crippen LogP contribution >= 0.6 is 0 Å². The lowest BCUT2D eigenvalue weighted by Gasteiger charge is -2.10. The van der Waals surface area contributed by atoms with Gasteiger partial charge < -0.3 is 11.2 Å². The Hall–Kier alpha value is -1.58. The van der Waals surface area contributed by atoms with Gasteiger partial charge in [0, 0.05) is 18.5 Å². The van der Waals surface area contributed by atoms with Crippen molar-refractivity contribution in [1.82, 2.24) is 5.43 Å². The molecule has 15 heavy (non-hydrogen) atoms. The molecule has 0 radical (unpaired) electrons. The monoisotopic (exact) mass is 201 g/mol. The molecule has 78 valence electrons. The van der Waals surface area contributed by atoms with Crippen LogP contribution in [0.25, 0.3) is 10.8 Å². The number of hydrogen-bond acceptors (Lipinski definition) is 3. The van der Waals surface area contributed by atoms with Gasteiger partial charge in [-0.05, 0) is 11.5 Å². The van der Waals surface area contributed by atoms with E-state index in [1.165, 1.54) is 10.8 Å². The summed E-state index contributed by atoms with van der Waals surface area (Å²) in [6.07, 6.45) is 0. The highest BCUT2D eigenvalue weighted by Crippen LogP contribution is 2.21. The summed E-state index contributed by atoms with van der Waals surface area (Å²) in [4.78, 5) is 0. The SMILES string of the molecule is NCCNNc1cccc2ccccc12. The molecule has 2 aromatic carbocycles. The molecule has 0 saturated carbocycles. The number of anilines is 1. The van der Waals surface area contributed by atoms with Crippen LogP contribution in [0, 0.1) is 0 Å². The lowest BCUT2D eigenvalue weighted by molar-refractivity contribution is 0.790. The Balaban J connectivity index is 2.26. The molecule has 0 bridgehead atoms. The van der Waals surface area contributed by atoms with E-state index < -0.39 is 0 Å². The van der Waals surface area contributed by atoms with Crippen molar-refractivity contribution in [2.75, 3.05) is 18.5 Å². The fourth-order valence-corrected chi connectivity index (χ4v) is 1.56. The first-order chi connectivity index (χ1) is 7.42. The second kappa shape index (κ2) is 4.77. The second-order valence-corrected chi connectivity index (χ2v) is 3.37. The van der Waals surface area contributed by atoms with Crippen LogP contribution in [0.15, 0.2) is 42.5 Å². The Morgan fingerprint density at radius 3 is 2.67 bits per heavy atom. The number of nitrogens with two attached hydrogens (primary N) is 1. The molecule has 3 nitrogen and oxygen atoms in total. The summed E-state index contributed by atoms with van der Waals surface area (Å²) in [5, 5.41) is 2.45. The summed E-state index contributed by atoms with van der Waals surface area (Å²) in [6.45, 7) is 1.38. The smallest absolute Gasteiger partial charge is 0.0565 e. The molecule has 0 fully saturated rings. The zero-order valence-electron chi connectivity index (χ0n) is 8.53. The first kappa shape index (κ1) is 9.96. The molecule has 0 aliphatic rings. The number of hydrogen-bond donors (Lipinski definition) is 3. The van der Waals surface area contributed by atoms with E-state index in [0.29, 0.717) is 6.54 Å². The molecule has 0 unspecified atom stereocenters. The molecule has 0 atom stereocenters. The molecule has 0 heterocycles. The Morgan fingerprint density at radius 2 is 1.80 bits per heavy atom. The number of nitrogens with one attached hydrogen (secondary N) is 2. The third-order valence-corrected chi connectivity index (χ3v) is 2.28. The van der Waals surface area contributed by atoms with Gasteiger partial charge in [0.15, 0.2) is 0 Å². The maximum atomic E-state index is 5.40. The highest BCUT2D eigenvalue weighted by Gasteiger charge is 1.97. The third-order valence-electron chi connectivity index (χ3n) is 2.28. The van der Waals surface area contributed by atoms with Crippen molar-refractivity contribution in [3.8, 4) is 0 Å². The lowest BCUT2D eigenvalue weighted by Crippen LogP contribution is -2.27. The second-order valence-electron chi connectivity index (χ2n) is 3.37. The summed E-state index contributed by atoms with van der Waals surface area (Å²) in [5.74, 6) is 0. The minimum Gasteiger partial charge on any atom is -0.329 e. The van der Waals surface area contributed by atoms with E-state index in [2.05, 4.69) is 29.1 Å². The van der Waals surface area contributed by atoms with Crippen LogP contribution in [-0.2, 0) is 0 Å². The van der Waals surface area contributed by atoms with Crippen LogP contribution in [0.4, 0.5) is 5.69 Å². The summed E-state index contributed by atoms with van der Waals surface area (Å²) >= 11 is 0. The molecule has 2 aromatic rings. The molecule has 0 aliphatic heterocycles. The first-order valence-corrected chi connectivity index (χ1v) is 5.08. The molecular formula is C12H15N3. The Labute approximate surface area is 89.3 Å². The van der Waals surface area contributed by atoms with Gasteiger partial charge in [-0.25, -0.2) is 5.43 Å². The lowest BCUT2D eigenvalue weighted by atomic mass is 10.1. The fourth-order valence-electron chi connectivity index (χ4n) is 1.56. The summed E-state index contributed by atoms with van der Waals surface area (Å²) in [6, 6.07) is 14.5. The van der Waals surface area contributed by atoms with E-state index in [1.54, 1.807) is 0 Å². The van der Waals surface area contributed by atoms with Crippen LogP contribution in [-0.4, -0.2) is 13.1 Å². The molecule has 0 aliphatic carbocycles. The maximum Gasteiger partial charge on any atom is 0.0565 e. The highest BCUT2D eigenvalue weighted by molar-refractivity contribution is 5.93. The largest absolute Gasteiger partial charge is 0.329 e. The van der Waals surface area contributed by atoms with Gasteiger partial charge in [0.2, 0.25) is 0 Å². The average Bonchev–Trinajstić information content (AvgIpc) is 2.30. The van der Waals surface area contributed by atoms with Gasteiger partial charge in [0.05, 0.1) is 5.69 Å². The molecule has 0 saturated heterocycles. The van der Waals surface area contributed by atoms with Gasteiger partial charge in [-0.1, -0.05) is 36.4 Å². The summed E-state index contributed by atoms with van der Waals surface area (Å²) in [5.41, 5.74) is 12.7. The Bertz CT molecular complexity index is 434. The van der Waals surface area contributed by atoms with Gasteiger partial charge >= 0.3 is 0 Å². The number of rotatable bonds is 4. The van der Waals surface area contributed by atoms with E-state index >= 15 is 0 Å². The van der Waals surface area contributed by atoms with Crippen molar-refractivity contribution in [2.24, 2.45) is 5.73 Å². The van der Waals surface area contributed by atoms with Crippen LogP contribution in [0.3, 0.4) is 0 Å². The van der Waals surface area contributed by atoms with Crippen molar-refractivity contribution in [3.63, 3.8) is 0 Å². The van der Waals surface area contributed by atoms with Gasteiger partial charge in [0.25, 0.3) is 0 Å². The van der Waals surface area contributed by atoms with Crippen molar-refractivity contribution in [2.45, 2.75) is 0 Å². The van der Waals surface area contributed by atoms with E-state index in [1.807, 2.05) is 24.3 Å². The zero-order valence-corrected chi connectivity index (χ0v) is 8.53. The predicted molar refractivity (Wildman–Crippen MR) is 64.6 cm³/mol. The minimum absolute atomic E-state index is 0.623. The van der Waals surface area contributed by atoms with Crippen molar-refractivity contribution in [3.05, 3.63) is 42.5 Å². The standard InChI is InChI=1S/C12H15N3/c13-8-9-14-15-12-7-3-5-10-4-1-2-6-11(10)12/h1-7,14-15H,8-9,13H2. The van der Waals surface area contributed by atoms with Crippen LogP contribution in [0.1, 0.15) is 0 Å². The normalized spacial score (nSPS) is 10.5. The predicted octanol–water partition coefficient (Wildman–Crippen LogP) is 1.71. The Kier molecular flexibility index (Phi) is 3.17. The molecular weight excluding hydrogens is 186 g/mol. The molecule has 3 heteroatoms. The molecule has 0 aromatic heterocycles. The van der Waals surface area contributed by atoms with E-state index in [-0.39, 0.29) is 0 Å². The minimum atomic E-state index is 0.623. The number of fused-ring (bicyclic) bond motifs is 1. The molecule has 0 spiro atoms. The van der Waals surface area contributed by atoms with Crippen LogP contribution in [0.5, 0.6) is 0 Å². The van der Waals surface area contributed by atoms with Crippen LogP contribution < -0.4 is 16.6 Å². The number of hydrazine groups is 1. The van der Waals surface area contributed by atoms with Gasteiger partial charge in [-0.15, -0.1) is 0 Å². The topological polar surface area (TPSA) is 50.1 Å². The van der Waals surface area contributed by atoms with Crippen molar-refractivity contribution >= 4 is 16.5 Å². The quantitative estimate of drug-likeness (QED) is 0.521. The molecule has 0 amide bonds. The van der Waals surface area contributed by atoms with Crippen molar-refractivity contribution in [1.29, 1.82) is 0 Å². The molecule has 4 N–H and O–H groups in total. The first-order valence-electron chi connectivity index (χ1n) is 5.08. The summed E-state index contributed by atoms with van der Waals surface area (Å²) < 4.78 is 0. The molecule has 2 rings (SSSR count). The van der Waals surface area contributed by atoms with Crippen LogP contribution in [0.2, 0.25) is 0 Å².